The van der Waals surface area contributed by atoms with Crippen LogP contribution in [0.25, 0.3) is 0 Å². The molecule has 7 nitrogen and oxygen atoms in total. The number of primary amides is 1. The molecule has 1 aromatic rings. The lowest BCUT2D eigenvalue weighted by Crippen LogP contribution is -2.42. The highest BCUT2D eigenvalue weighted by atomic mass is 16.5. The van der Waals surface area contributed by atoms with E-state index in [1.807, 2.05) is 0 Å². The third kappa shape index (κ3) is 3.34. The van der Waals surface area contributed by atoms with Crippen molar-refractivity contribution in [1.29, 1.82) is 0 Å². The number of benzene rings is 1. The number of Topliss-reactive ketones (excluding diaryl/α,β-unsaturated/α-hetero) is 1. The van der Waals surface area contributed by atoms with Crippen LogP contribution in [-0.4, -0.2) is 48.0 Å². The van der Waals surface area contributed by atoms with E-state index in [0.717, 1.165) is 12.0 Å². The minimum Gasteiger partial charge on any atom is -0.411 e. The van der Waals surface area contributed by atoms with Gasteiger partial charge in [0.25, 0.3) is 0 Å². The summed E-state index contributed by atoms with van der Waals surface area (Å²) in [5.74, 6) is 0.325. The highest BCUT2D eigenvalue weighted by Gasteiger charge is 2.46. The van der Waals surface area contributed by atoms with E-state index in [0.29, 0.717) is 25.1 Å². The van der Waals surface area contributed by atoms with Gasteiger partial charge in [0.2, 0.25) is 5.91 Å². The first-order chi connectivity index (χ1) is 11.0. The van der Waals surface area contributed by atoms with E-state index < -0.39 is 12.1 Å². The Hall–Kier alpha value is -2.41. The topological polar surface area (TPSA) is 98.9 Å². The molecule has 122 valence electrons. The molecule has 2 N–H and O–H groups in total. The number of hydrogen-bond acceptors (Lipinski definition) is 5. The summed E-state index contributed by atoms with van der Waals surface area (Å²) in [7, 11) is 0. The Bertz CT molecular complexity index is 628. The summed E-state index contributed by atoms with van der Waals surface area (Å²) in [6.07, 6.45) is 0.614. The second-order valence-electron chi connectivity index (χ2n) is 5.70. The first-order valence-corrected chi connectivity index (χ1v) is 7.54. The quantitative estimate of drug-likeness (QED) is 0.878. The van der Waals surface area contributed by atoms with Crippen molar-refractivity contribution in [2.45, 2.75) is 31.4 Å². The monoisotopic (exact) mass is 318 g/mol. The van der Waals surface area contributed by atoms with Gasteiger partial charge in [-0.25, -0.2) is 4.79 Å². The minimum absolute atomic E-state index is 0.00574. The van der Waals surface area contributed by atoms with Crippen molar-refractivity contribution in [3.8, 4) is 5.75 Å². The van der Waals surface area contributed by atoms with Gasteiger partial charge >= 0.3 is 6.09 Å². The maximum atomic E-state index is 12.4. The Balaban J connectivity index is 1.55. The normalized spacial score (nSPS) is 23.0. The molecular weight excluding hydrogens is 300 g/mol. The number of hydrogen-bond donors (Lipinski definition) is 1. The molecule has 2 heterocycles. The van der Waals surface area contributed by atoms with Gasteiger partial charge < -0.3 is 20.1 Å². The fraction of sp³-hybridized carbons (Fsp3) is 0.438. The number of carbonyl (C=O) groups excluding carboxylic acids is 3. The number of amides is 2. The van der Waals surface area contributed by atoms with Gasteiger partial charge in [0.15, 0.2) is 5.78 Å². The number of nitrogens with zero attached hydrogens (tertiary/aromatic N) is 1. The second kappa shape index (κ2) is 6.37. The number of nitrogens with two attached hydrogens (primary N) is 1. The fourth-order valence-electron chi connectivity index (χ4n) is 3.11. The Kier molecular flexibility index (Phi) is 4.29. The number of likely N-dealkylation sites (tertiary alicyclic amines) is 1. The van der Waals surface area contributed by atoms with Crippen molar-refractivity contribution < 1.29 is 23.9 Å². The molecule has 0 aliphatic carbocycles. The first-order valence-electron chi connectivity index (χ1n) is 7.54. The van der Waals surface area contributed by atoms with Crippen molar-refractivity contribution >= 4 is 17.8 Å². The van der Waals surface area contributed by atoms with Crippen molar-refractivity contribution in [3.63, 3.8) is 0 Å². The molecule has 2 aliphatic heterocycles. The van der Waals surface area contributed by atoms with Gasteiger partial charge in [-0.05, 0) is 30.5 Å². The van der Waals surface area contributed by atoms with Crippen LogP contribution in [0.5, 0.6) is 5.75 Å². The largest absolute Gasteiger partial charge is 0.411 e. The van der Waals surface area contributed by atoms with E-state index in [-0.39, 0.29) is 24.4 Å². The summed E-state index contributed by atoms with van der Waals surface area (Å²) in [5.41, 5.74) is 5.88. The van der Waals surface area contributed by atoms with E-state index in [1.165, 1.54) is 0 Å². The number of carbonyl (C=O) groups is 3. The van der Waals surface area contributed by atoms with E-state index in [1.54, 1.807) is 29.2 Å². The third-order valence-electron chi connectivity index (χ3n) is 4.20. The molecule has 0 saturated carbocycles. The highest BCUT2D eigenvalue weighted by molar-refractivity contribution is 5.92. The maximum Gasteiger partial charge on any atom is 0.409 e. The predicted molar refractivity (Wildman–Crippen MR) is 79.8 cm³/mol. The standard InChI is InChI=1S/C16H18N2O5/c17-16(21)23-11-4-1-10(2-5-11)3-6-14(20)18-8-7-13-15(18)12(19)9-22-13/h1-2,4-5,13,15H,3,6-9H2,(H2,17,21). The molecule has 7 heteroatoms. The molecule has 0 spiro atoms. The van der Waals surface area contributed by atoms with Crippen LogP contribution >= 0.6 is 0 Å². The van der Waals surface area contributed by atoms with Gasteiger partial charge in [0.05, 0.1) is 6.10 Å². The summed E-state index contributed by atoms with van der Waals surface area (Å²) < 4.78 is 10.1. The Labute approximate surface area is 133 Å². The molecule has 0 radical (unpaired) electrons. The number of ketones is 1. The second-order valence-corrected chi connectivity index (χ2v) is 5.70. The average Bonchev–Trinajstić information content (AvgIpc) is 3.09. The molecule has 23 heavy (non-hydrogen) atoms. The van der Waals surface area contributed by atoms with E-state index >= 15 is 0 Å². The summed E-state index contributed by atoms with van der Waals surface area (Å²) in [6.45, 7) is 0.686. The van der Waals surface area contributed by atoms with Gasteiger partial charge in [-0.2, -0.15) is 0 Å². The fourth-order valence-corrected chi connectivity index (χ4v) is 3.11. The number of aryl methyl sites for hydroxylation is 1. The molecule has 1 aromatic carbocycles. The van der Waals surface area contributed by atoms with Crippen molar-refractivity contribution in [2.75, 3.05) is 13.2 Å². The zero-order valence-electron chi connectivity index (χ0n) is 12.6. The summed E-state index contributed by atoms with van der Waals surface area (Å²) in [4.78, 5) is 36.4. The van der Waals surface area contributed by atoms with Crippen LogP contribution in [0.2, 0.25) is 0 Å². The SMILES string of the molecule is NC(=O)Oc1ccc(CCC(=O)N2CCC3OCC(=O)C32)cc1. The van der Waals surface area contributed by atoms with Crippen molar-refractivity contribution in [2.24, 2.45) is 5.73 Å². The van der Waals surface area contributed by atoms with Gasteiger partial charge in [0.1, 0.15) is 18.4 Å². The van der Waals surface area contributed by atoms with Crippen LogP contribution in [-0.2, 0) is 20.7 Å². The van der Waals surface area contributed by atoms with Crippen molar-refractivity contribution in [1.82, 2.24) is 4.90 Å². The lowest BCUT2D eigenvalue weighted by molar-refractivity contribution is -0.136. The smallest absolute Gasteiger partial charge is 0.409 e. The van der Waals surface area contributed by atoms with Crippen LogP contribution < -0.4 is 10.5 Å². The Morgan fingerprint density at radius 2 is 2.04 bits per heavy atom. The lowest BCUT2D eigenvalue weighted by atomic mass is 10.1. The average molecular weight is 318 g/mol. The van der Waals surface area contributed by atoms with E-state index in [4.69, 9.17) is 15.2 Å². The minimum atomic E-state index is -0.861. The molecule has 3 rings (SSSR count). The molecule has 2 unspecified atom stereocenters. The first kappa shape index (κ1) is 15.5. The molecule has 2 fully saturated rings. The number of fused-ring (bicyclic) bond motifs is 1. The molecular formula is C16H18N2O5. The molecule has 0 aromatic heterocycles. The van der Waals surface area contributed by atoms with Crippen LogP contribution in [0.1, 0.15) is 18.4 Å². The summed E-state index contributed by atoms with van der Waals surface area (Å²) in [6, 6.07) is 6.42. The van der Waals surface area contributed by atoms with Crippen LogP contribution in [0.15, 0.2) is 24.3 Å². The lowest BCUT2D eigenvalue weighted by Gasteiger charge is -2.21. The zero-order valence-corrected chi connectivity index (χ0v) is 12.6. The third-order valence-corrected chi connectivity index (χ3v) is 4.20. The predicted octanol–water partition coefficient (Wildman–Crippen LogP) is 0.645. The molecule has 0 bridgehead atoms. The highest BCUT2D eigenvalue weighted by Crippen LogP contribution is 2.27. The van der Waals surface area contributed by atoms with Gasteiger partial charge in [-0.3, -0.25) is 9.59 Å². The van der Waals surface area contributed by atoms with Gasteiger partial charge in [0, 0.05) is 13.0 Å². The zero-order chi connectivity index (χ0) is 16.4. The molecule has 2 amide bonds. The number of ether oxygens (including phenoxy) is 2. The number of rotatable bonds is 4. The van der Waals surface area contributed by atoms with E-state index in [2.05, 4.69) is 0 Å². The summed E-state index contributed by atoms with van der Waals surface area (Å²) in [5, 5.41) is 0. The molecule has 2 saturated heterocycles. The van der Waals surface area contributed by atoms with Gasteiger partial charge in [-0.1, -0.05) is 12.1 Å². The van der Waals surface area contributed by atoms with Crippen LogP contribution in [0.3, 0.4) is 0 Å². The Morgan fingerprint density at radius 3 is 2.74 bits per heavy atom. The van der Waals surface area contributed by atoms with Crippen LogP contribution in [0, 0.1) is 0 Å². The maximum absolute atomic E-state index is 12.4. The van der Waals surface area contributed by atoms with Crippen LogP contribution in [0.4, 0.5) is 4.79 Å². The molecule has 2 atom stereocenters. The summed E-state index contributed by atoms with van der Waals surface area (Å²) >= 11 is 0. The van der Waals surface area contributed by atoms with Crippen molar-refractivity contribution in [3.05, 3.63) is 29.8 Å². The molecule has 2 aliphatic rings. The van der Waals surface area contributed by atoms with Gasteiger partial charge in [-0.15, -0.1) is 0 Å². The van der Waals surface area contributed by atoms with E-state index in [9.17, 15) is 14.4 Å². The Morgan fingerprint density at radius 1 is 1.30 bits per heavy atom.